The first-order valence-electron chi connectivity index (χ1n) is 7.51. The fraction of sp³-hybridized carbons (Fsp3) is 0.333. The van der Waals surface area contributed by atoms with Crippen molar-refractivity contribution in [3.63, 3.8) is 0 Å². The highest BCUT2D eigenvalue weighted by molar-refractivity contribution is 6.37. The maximum absolute atomic E-state index is 6.27. The van der Waals surface area contributed by atoms with Crippen LogP contribution in [0.15, 0.2) is 42.5 Å². The van der Waals surface area contributed by atoms with Crippen molar-refractivity contribution in [2.24, 2.45) is 0 Å². The molecule has 0 heterocycles. The van der Waals surface area contributed by atoms with E-state index in [0.717, 1.165) is 12.0 Å². The third kappa shape index (κ3) is 4.64. The number of halogens is 2. The minimum absolute atomic E-state index is 0.259. The second-order valence-electron chi connectivity index (χ2n) is 5.25. The van der Waals surface area contributed by atoms with E-state index in [1.54, 1.807) is 0 Å². The first-order chi connectivity index (χ1) is 10.6. The van der Waals surface area contributed by atoms with Crippen LogP contribution in [0.25, 0.3) is 0 Å². The molecule has 1 N–H and O–H groups in total. The van der Waals surface area contributed by atoms with Crippen LogP contribution in [0.5, 0.6) is 5.75 Å². The van der Waals surface area contributed by atoms with Crippen molar-refractivity contribution in [1.29, 1.82) is 0 Å². The summed E-state index contributed by atoms with van der Waals surface area (Å²) in [7, 11) is 0. The van der Waals surface area contributed by atoms with Crippen molar-refractivity contribution in [2.75, 3.05) is 6.61 Å². The van der Waals surface area contributed by atoms with E-state index in [1.165, 1.54) is 5.56 Å². The van der Waals surface area contributed by atoms with Crippen LogP contribution >= 0.6 is 23.2 Å². The Morgan fingerprint density at radius 3 is 2.32 bits per heavy atom. The van der Waals surface area contributed by atoms with Crippen molar-refractivity contribution in [3.8, 4) is 5.75 Å². The number of hydrogen-bond donors (Lipinski definition) is 1. The zero-order valence-electron chi connectivity index (χ0n) is 12.9. The third-order valence-corrected chi connectivity index (χ3v) is 3.98. The number of benzene rings is 2. The molecule has 0 bridgehead atoms. The average molecular weight is 338 g/mol. The van der Waals surface area contributed by atoms with E-state index >= 15 is 0 Å². The van der Waals surface area contributed by atoms with Crippen molar-refractivity contribution in [3.05, 3.63) is 63.6 Å². The Labute approximate surface area is 142 Å². The average Bonchev–Trinajstić information content (AvgIpc) is 2.52. The molecule has 0 radical (unpaired) electrons. The normalized spacial score (nSPS) is 12.2. The van der Waals surface area contributed by atoms with E-state index in [9.17, 15) is 0 Å². The summed E-state index contributed by atoms with van der Waals surface area (Å²) in [5, 5.41) is 4.59. The second-order valence-corrected chi connectivity index (χ2v) is 6.06. The molecule has 0 unspecified atom stereocenters. The fourth-order valence-corrected chi connectivity index (χ4v) is 2.83. The molecule has 0 aliphatic heterocycles. The van der Waals surface area contributed by atoms with Gasteiger partial charge in [0.15, 0.2) is 5.75 Å². The molecule has 2 rings (SSSR count). The molecule has 0 aliphatic carbocycles. The molecule has 2 aromatic rings. The Bertz CT molecular complexity index is 578. The van der Waals surface area contributed by atoms with Gasteiger partial charge in [-0.25, -0.2) is 0 Å². The van der Waals surface area contributed by atoms with Gasteiger partial charge in [0.25, 0.3) is 0 Å². The lowest BCUT2D eigenvalue weighted by atomic mass is 10.1. The lowest BCUT2D eigenvalue weighted by Gasteiger charge is -2.16. The largest absolute Gasteiger partial charge is 0.490 e. The van der Waals surface area contributed by atoms with Crippen LogP contribution in [0.1, 0.15) is 37.4 Å². The predicted molar refractivity (Wildman–Crippen MR) is 93.9 cm³/mol. The van der Waals surface area contributed by atoms with Crippen LogP contribution in [0, 0.1) is 0 Å². The van der Waals surface area contributed by atoms with Crippen LogP contribution in [-0.2, 0) is 6.54 Å². The molecule has 0 amide bonds. The number of rotatable bonds is 7. The first-order valence-corrected chi connectivity index (χ1v) is 8.26. The zero-order chi connectivity index (χ0) is 15.9. The van der Waals surface area contributed by atoms with Crippen molar-refractivity contribution in [1.82, 2.24) is 5.32 Å². The Balaban J connectivity index is 2.01. The van der Waals surface area contributed by atoms with Crippen LogP contribution in [0.2, 0.25) is 10.0 Å². The standard InChI is InChI=1S/C18H21Cl2NO/c1-3-9-22-18-16(19)10-14(11-17(18)20)12-21-13(2)15-7-5-4-6-8-15/h4-8,10-11,13,21H,3,9,12H2,1-2H3/t13-/m0/s1. The molecule has 22 heavy (non-hydrogen) atoms. The van der Waals surface area contributed by atoms with Gasteiger partial charge < -0.3 is 10.1 Å². The summed E-state index contributed by atoms with van der Waals surface area (Å²) in [4.78, 5) is 0. The van der Waals surface area contributed by atoms with Gasteiger partial charge in [-0.2, -0.15) is 0 Å². The Morgan fingerprint density at radius 1 is 1.09 bits per heavy atom. The number of ether oxygens (including phenoxy) is 1. The molecule has 2 nitrogen and oxygen atoms in total. The van der Waals surface area contributed by atoms with E-state index in [4.69, 9.17) is 27.9 Å². The van der Waals surface area contributed by atoms with E-state index in [2.05, 4.69) is 24.4 Å². The summed E-state index contributed by atoms with van der Waals surface area (Å²) in [6.45, 7) is 5.49. The lowest BCUT2D eigenvalue weighted by molar-refractivity contribution is 0.317. The smallest absolute Gasteiger partial charge is 0.156 e. The van der Waals surface area contributed by atoms with E-state index in [0.29, 0.717) is 28.9 Å². The van der Waals surface area contributed by atoms with E-state index in [-0.39, 0.29) is 6.04 Å². The molecule has 0 aromatic heterocycles. The van der Waals surface area contributed by atoms with Gasteiger partial charge in [-0.1, -0.05) is 60.5 Å². The molecule has 1 atom stereocenters. The Morgan fingerprint density at radius 2 is 1.73 bits per heavy atom. The maximum atomic E-state index is 6.27. The zero-order valence-corrected chi connectivity index (χ0v) is 14.4. The molecule has 4 heteroatoms. The highest BCUT2D eigenvalue weighted by atomic mass is 35.5. The summed E-state index contributed by atoms with van der Waals surface area (Å²) >= 11 is 12.5. The molecular weight excluding hydrogens is 317 g/mol. The fourth-order valence-electron chi connectivity index (χ4n) is 2.19. The Kier molecular flexibility index (Phi) is 6.56. The van der Waals surface area contributed by atoms with Gasteiger partial charge in [0, 0.05) is 12.6 Å². The van der Waals surface area contributed by atoms with E-state index in [1.807, 2.05) is 37.3 Å². The van der Waals surface area contributed by atoms with Crippen molar-refractivity contribution >= 4 is 23.2 Å². The quantitative estimate of drug-likeness (QED) is 0.706. The van der Waals surface area contributed by atoms with Crippen molar-refractivity contribution in [2.45, 2.75) is 32.9 Å². The Hall–Kier alpha value is -1.22. The maximum Gasteiger partial charge on any atom is 0.156 e. The van der Waals surface area contributed by atoms with Gasteiger partial charge in [0.1, 0.15) is 0 Å². The third-order valence-electron chi connectivity index (χ3n) is 3.42. The minimum atomic E-state index is 0.259. The lowest BCUT2D eigenvalue weighted by Crippen LogP contribution is -2.18. The van der Waals surface area contributed by atoms with Gasteiger partial charge in [-0.15, -0.1) is 0 Å². The van der Waals surface area contributed by atoms with Crippen LogP contribution in [0.4, 0.5) is 0 Å². The monoisotopic (exact) mass is 337 g/mol. The topological polar surface area (TPSA) is 21.3 Å². The minimum Gasteiger partial charge on any atom is -0.490 e. The summed E-state index contributed by atoms with van der Waals surface area (Å²) in [5.74, 6) is 0.574. The molecule has 0 aliphatic rings. The van der Waals surface area contributed by atoms with Crippen molar-refractivity contribution < 1.29 is 4.74 Å². The first kappa shape index (κ1) is 17.1. The summed E-state index contributed by atoms with van der Waals surface area (Å²) in [6, 6.07) is 14.4. The van der Waals surface area contributed by atoms with Gasteiger partial charge >= 0.3 is 0 Å². The second kappa shape index (κ2) is 8.42. The SMILES string of the molecule is CCCOc1c(Cl)cc(CN[C@@H](C)c2ccccc2)cc1Cl. The highest BCUT2D eigenvalue weighted by Gasteiger charge is 2.11. The summed E-state index contributed by atoms with van der Waals surface area (Å²) < 4.78 is 5.58. The van der Waals surface area contributed by atoms with Crippen LogP contribution in [-0.4, -0.2) is 6.61 Å². The molecule has 2 aromatic carbocycles. The molecule has 0 saturated carbocycles. The van der Waals surface area contributed by atoms with Gasteiger partial charge in [0.05, 0.1) is 16.7 Å². The van der Waals surface area contributed by atoms with Gasteiger partial charge in [-0.3, -0.25) is 0 Å². The molecule has 0 saturated heterocycles. The molecule has 0 fully saturated rings. The predicted octanol–water partition coefficient (Wildman–Crippen LogP) is 5.63. The number of hydrogen-bond acceptors (Lipinski definition) is 2. The molecular formula is C18H21Cl2NO. The number of nitrogens with one attached hydrogen (secondary N) is 1. The van der Waals surface area contributed by atoms with Crippen LogP contribution < -0.4 is 10.1 Å². The summed E-state index contributed by atoms with van der Waals surface area (Å²) in [5.41, 5.74) is 2.30. The summed E-state index contributed by atoms with van der Waals surface area (Å²) in [6.07, 6.45) is 0.921. The van der Waals surface area contributed by atoms with Gasteiger partial charge in [0.2, 0.25) is 0 Å². The molecule has 118 valence electrons. The highest BCUT2D eigenvalue weighted by Crippen LogP contribution is 2.34. The molecule has 0 spiro atoms. The van der Waals surface area contributed by atoms with E-state index < -0.39 is 0 Å². The van der Waals surface area contributed by atoms with Crippen LogP contribution in [0.3, 0.4) is 0 Å². The van der Waals surface area contributed by atoms with Gasteiger partial charge in [-0.05, 0) is 36.6 Å².